The molecule has 0 spiro atoms. The summed E-state index contributed by atoms with van der Waals surface area (Å²) in [5, 5.41) is 7.25. The molecule has 0 radical (unpaired) electrons. The van der Waals surface area contributed by atoms with Crippen molar-refractivity contribution in [3.63, 3.8) is 0 Å². The van der Waals surface area contributed by atoms with E-state index in [9.17, 15) is 0 Å². The molecular weight excluding hydrogens is 426 g/mol. The number of benzene rings is 5. The summed E-state index contributed by atoms with van der Waals surface area (Å²) < 4.78 is 9.00. The molecule has 0 amide bonds. The van der Waals surface area contributed by atoms with Gasteiger partial charge in [-0.3, -0.25) is 0 Å². The average Bonchev–Trinajstić information content (AvgIpc) is 3.27. The molecule has 2 nitrogen and oxygen atoms in total. The Morgan fingerprint density at radius 1 is 0.571 bits per heavy atom. The maximum atomic E-state index is 6.84. The van der Waals surface area contributed by atoms with Crippen molar-refractivity contribution in [2.75, 3.05) is 0 Å². The molecule has 0 atom stereocenters. The standard InChI is InChI=1S/C33H24NO/c1-21-17-18-27-26-14-9-15-28(32(26)35-33(27)30(21)29-16-7-8-19-34(29)2)31-24-12-5-3-10-22(24)20-23-11-4-6-13-25(23)31/h3-20H,1-2H3/q+1. The van der Waals surface area contributed by atoms with Gasteiger partial charge in [-0.1, -0.05) is 78.9 Å². The number of para-hydroxylation sites is 1. The zero-order valence-corrected chi connectivity index (χ0v) is 19.7. The molecule has 0 fully saturated rings. The van der Waals surface area contributed by atoms with Crippen LogP contribution in [-0.4, -0.2) is 0 Å². The van der Waals surface area contributed by atoms with Crippen molar-refractivity contribution in [1.82, 2.24) is 0 Å². The molecule has 35 heavy (non-hydrogen) atoms. The van der Waals surface area contributed by atoms with Crippen LogP contribution in [0.1, 0.15) is 5.56 Å². The number of fused-ring (bicyclic) bond motifs is 5. The molecule has 2 aromatic heterocycles. The van der Waals surface area contributed by atoms with Gasteiger partial charge in [-0.25, -0.2) is 4.57 Å². The van der Waals surface area contributed by atoms with E-state index < -0.39 is 0 Å². The minimum absolute atomic E-state index is 0.939. The predicted octanol–water partition coefficient (Wildman–Crippen LogP) is 8.36. The molecule has 0 N–H and O–H groups in total. The number of aryl methyl sites for hydroxylation is 2. The molecule has 0 aliphatic heterocycles. The van der Waals surface area contributed by atoms with Crippen molar-refractivity contribution in [3.05, 3.63) is 115 Å². The third-order valence-corrected chi connectivity index (χ3v) is 7.23. The van der Waals surface area contributed by atoms with E-state index in [1.165, 1.54) is 32.7 Å². The number of rotatable bonds is 2. The SMILES string of the molecule is Cc1ccc2c(oc3c(-c4c5ccccc5cc5ccccc45)cccc32)c1-c1cccc[n+]1C. The van der Waals surface area contributed by atoms with Gasteiger partial charge in [-0.05, 0) is 46.2 Å². The normalized spacial score (nSPS) is 11.7. The van der Waals surface area contributed by atoms with E-state index in [1.807, 2.05) is 0 Å². The highest BCUT2D eigenvalue weighted by Crippen LogP contribution is 2.44. The van der Waals surface area contributed by atoms with Gasteiger partial charge >= 0.3 is 0 Å². The van der Waals surface area contributed by atoms with Crippen LogP contribution in [0.5, 0.6) is 0 Å². The van der Waals surface area contributed by atoms with Crippen molar-refractivity contribution < 1.29 is 8.98 Å². The second-order valence-electron chi connectivity index (χ2n) is 9.31. The van der Waals surface area contributed by atoms with E-state index in [1.54, 1.807) is 0 Å². The molecule has 2 heteroatoms. The Morgan fingerprint density at radius 3 is 1.97 bits per heavy atom. The lowest BCUT2D eigenvalue weighted by molar-refractivity contribution is -0.660. The summed E-state index contributed by atoms with van der Waals surface area (Å²) in [5.41, 5.74) is 7.74. The first-order valence-corrected chi connectivity index (χ1v) is 12.0. The number of pyridine rings is 1. The third kappa shape index (κ3) is 2.93. The van der Waals surface area contributed by atoms with Gasteiger partial charge in [-0.2, -0.15) is 0 Å². The number of furan rings is 1. The summed E-state index contributed by atoms with van der Waals surface area (Å²) in [5.74, 6) is 0. The largest absolute Gasteiger partial charge is 0.454 e. The first-order chi connectivity index (χ1) is 17.2. The topological polar surface area (TPSA) is 17.0 Å². The zero-order valence-electron chi connectivity index (χ0n) is 19.7. The van der Waals surface area contributed by atoms with Crippen LogP contribution in [0.25, 0.3) is 65.9 Å². The van der Waals surface area contributed by atoms with E-state index >= 15 is 0 Å². The van der Waals surface area contributed by atoms with Gasteiger partial charge in [0.1, 0.15) is 18.2 Å². The van der Waals surface area contributed by atoms with Crippen LogP contribution in [-0.2, 0) is 7.05 Å². The number of nitrogens with zero attached hydrogens (tertiary/aromatic N) is 1. The maximum absolute atomic E-state index is 6.84. The van der Waals surface area contributed by atoms with Gasteiger partial charge in [0.15, 0.2) is 6.20 Å². The van der Waals surface area contributed by atoms with Crippen LogP contribution in [0.2, 0.25) is 0 Å². The van der Waals surface area contributed by atoms with Gasteiger partial charge in [0, 0.05) is 34.0 Å². The molecule has 0 aliphatic carbocycles. The molecule has 2 heterocycles. The number of hydrogen-bond donors (Lipinski definition) is 0. The summed E-state index contributed by atoms with van der Waals surface area (Å²) in [6.07, 6.45) is 2.09. The quantitative estimate of drug-likeness (QED) is 0.191. The lowest BCUT2D eigenvalue weighted by atomic mass is 9.91. The molecule has 0 aliphatic rings. The second kappa shape index (κ2) is 7.54. The fraction of sp³-hybridized carbons (Fsp3) is 0.0606. The van der Waals surface area contributed by atoms with E-state index in [2.05, 4.69) is 128 Å². The second-order valence-corrected chi connectivity index (χ2v) is 9.31. The van der Waals surface area contributed by atoms with E-state index in [-0.39, 0.29) is 0 Å². The molecule has 5 aromatic carbocycles. The van der Waals surface area contributed by atoms with Crippen molar-refractivity contribution in [2.24, 2.45) is 7.05 Å². The molecule has 166 valence electrons. The van der Waals surface area contributed by atoms with Crippen molar-refractivity contribution >= 4 is 43.5 Å². The highest BCUT2D eigenvalue weighted by atomic mass is 16.3. The lowest BCUT2D eigenvalue weighted by Crippen LogP contribution is -2.30. The minimum Gasteiger partial charge on any atom is -0.454 e. The van der Waals surface area contributed by atoms with Crippen LogP contribution in [0.4, 0.5) is 0 Å². The first-order valence-electron chi connectivity index (χ1n) is 12.0. The van der Waals surface area contributed by atoms with Gasteiger partial charge in [0.2, 0.25) is 5.69 Å². The molecular formula is C33H24NO+. The van der Waals surface area contributed by atoms with E-state index in [0.29, 0.717) is 0 Å². The summed E-state index contributed by atoms with van der Waals surface area (Å²) in [6, 6.07) is 36.8. The minimum atomic E-state index is 0.939. The van der Waals surface area contributed by atoms with Gasteiger partial charge in [0.05, 0.1) is 5.56 Å². The average molecular weight is 451 g/mol. The molecule has 7 aromatic rings. The van der Waals surface area contributed by atoms with Crippen LogP contribution in [0.15, 0.2) is 114 Å². The Bertz CT molecular complexity index is 1870. The van der Waals surface area contributed by atoms with Crippen LogP contribution < -0.4 is 4.57 Å². The Kier molecular flexibility index (Phi) is 4.31. The summed E-state index contributed by atoms with van der Waals surface area (Å²) in [7, 11) is 2.09. The Hall–Kier alpha value is -4.43. The smallest absolute Gasteiger partial charge is 0.216 e. The van der Waals surface area contributed by atoms with Crippen molar-refractivity contribution in [1.29, 1.82) is 0 Å². The molecule has 0 bridgehead atoms. The first kappa shape index (κ1) is 20.0. The van der Waals surface area contributed by atoms with Crippen LogP contribution >= 0.6 is 0 Å². The van der Waals surface area contributed by atoms with E-state index in [4.69, 9.17) is 4.42 Å². The fourth-order valence-electron chi connectivity index (χ4n) is 5.56. The zero-order chi connectivity index (χ0) is 23.5. The van der Waals surface area contributed by atoms with Gasteiger partial charge < -0.3 is 4.42 Å². The highest BCUT2D eigenvalue weighted by molar-refractivity contribution is 6.19. The maximum Gasteiger partial charge on any atom is 0.216 e. The molecule has 0 saturated heterocycles. The molecule has 0 unspecified atom stereocenters. The summed E-state index contributed by atoms with van der Waals surface area (Å²) >= 11 is 0. The van der Waals surface area contributed by atoms with Gasteiger partial charge in [0.25, 0.3) is 0 Å². The van der Waals surface area contributed by atoms with Crippen molar-refractivity contribution in [3.8, 4) is 22.4 Å². The van der Waals surface area contributed by atoms with Crippen LogP contribution in [0, 0.1) is 6.92 Å². The monoisotopic (exact) mass is 450 g/mol. The Labute approximate surface area is 203 Å². The van der Waals surface area contributed by atoms with E-state index in [0.717, 1.165) is 38.8 Å². The summed E-state index contributed by atoms with van der Waals surface area (Å²) in [6.45, 7) is 2.16. The fourth-order valence-corrected chi connectivity index (χ4v) is 5.56. The van der Waals surface area contributed by atoms with Gasteiger partial charge in [-0.15, -0.1) is 0 Å². The summed E-state index contributed by atoms with van der Waals surface area (Å²) in [4.78, 5) is 0. The molecule has 7 rings (SSSR count). The number of aromatic nitrogens is 1. The van der Waals surface area contributed by atoms with Crippen molar-refractivity contribution in [2.45, 2.75) is 6.92 Å². The Morgan fingerprint density at radius 2 is 1.23 bits per heavy atom. The predicted molar refractivity (Wildman–Crippen MR) is 146 cm³/mol. The molecule has 0 saturated carbocycles. The highest BCUT2D eigenvalue weighted by Gasteiger charge is 2.22. The third-order valence-electron chi connectivity index (χ3n) is 7.23. The Balaban J connectivity index is 1.64. The number of hydrogen-bond acceptors (Lipinski definition) is 1. The lowest BCUT2D eigenvalue weighted by Gasteiger charge is -2.12. The van der Waals surface area contributed by atoms with Crippen LogP contribution in [0.3, 0.4) is 0 Å².